The molecule has 5 rings (SSSR count). The summed E-state index contributed by atoms with van der Waals surface area (Å²) in [6.07, 6.45) is 8.39. The first kappa shape index (κ1) is 20.7. The molecule has 0 saturated heterocycles. The number of imidazole rings is 1. The first-order chi connectivity index (χ1) is 15.6. The number of nitrogens with zero attached hydrogens (tertiary/aromatic N) is 5. The molecule has 0 unspecified atom stereocenters. The van der Waals surface area contributed by atoms with Gasteiger partial charge in [-0.25, -0.2) is 15.0 Å². The minimum absolute atomic E-state index is 0.0299. The van der Waals surface area contributed by atoms with Gasteiger partial charge in [0.05, 0.1) is 21.9 Å². The van der Waals surface area contributed by atoms with Crippen LogP contribution in [-0.2, 0) is 6.54 Å². The van der Waals surface area contributed by atoms with Gasteiger partial charge in [-0.15, -0.1) is 0 Å². The van der Waals surface area contributed by atoms with E-state index in [4.69, 9.17) is 23.2 Å². The first-order valence-corrected chi connectivity index (χ1v) is 10.9. The summed E-state index contributed by atoms with van der Waals surface area (Å²) < 4.78 is 2.04. The molecule has 2 N–H and O–H groups in total. The number of rotatable bonds is 6. The number of amides is 1. The minimum atomic E-state index is -0.260. The van der Waals surface area contributed by atoms with Crippen LogP contribution >= 0.6 is 23.2 Å². The summed E-state index contributed by atoms with van der Waals surface area (Å²) >= 11 is 12.3. The van der Waals surface area contributed by atoms with E-state index >= 15 is 0 Å². The summed E-state index contributed by atoms with van der Waals surface area (Å²) in [6.45, 7) is 0.592. The van der Waals surface area contributed by atoms with Gasteiger partial charge in [-0.2, -0.15) is 0 Å². The van der Waals surface area contributed by atoms with Crippen molar-refractivity contribution in [2.24, 2.45) is 0 Å². The fourth-order valence-corrected chi connectivity index (χ4v) is 4.41. The van der Waals surface area contributed by atoms with Crippen molar-refractivity contribution in [2.75, 3.05) is 5.32 Å². The lowest BCUT2D eigenvalue weighted by atomic mass is 9.86. The molecule has 0 atom stereocenters. The number of hydrogen-bond donors (Lipinski definition) is 2. The van der Waals surface area contributed by atoms with Crippen LogP contribution in [0.2, 0.25) is 10.0 Å². The molecule has 4 aromatic rings. The Labute approximate surface area is 194 Å². The van der Waals surface area contributed by atoms with Crippen LogP contribution in [0.4, 0.5) is 5.82 Å². The molecule has 1 aromatic carbocycles. The molecule has 1 aliphatic rings. The number of fused-ring (bicyclic) bond motifs is 1. The van der Waals surface area contributed by atoms with Crippen LogP contribution in [0.5, 0.6) is 0 Å². The van der Waals surface area contributed by atoms with Gasteiger partial charge in [0.2, 0.25) is 0 Å². The van der Waals surface area contributed by atoms with E-state index in [-0.39, 0.29) is 18.0 Å². The lowest BCUT2D eigenvalue weighted by Gasteiger charge is -2.36. The average Bonchev–Trinajstić information content (AvgIpc) is 3.19. The van der Waals surface area contributed by atoms with Crippen molar-refractivity contribution in [3.05, 3.63) is 76.6 Å². The maximum Gasteiger partial charge on any atom is 0.254 e. The van der Waals surface area contributed by atoms with Crippen LogP contribution in [-0.4, -0.2) is 36.5 Å². The number of nitrogens with one attached hydrogen (secondary N) is 2. The molecule has 3 heterocycles. The van der Waals surface area contributed by atoms with Crippen LogP contribution in [0.1, 0.15) is 34.8 Å². The Hall–Kier alpha value is -3.23. The van der Waals surface area contributed by atoms with Crippen molar-refractivity contribution in [1.29, 1.82) is 0 Å². The predicted octanol–water partition coefficient (Wildman–Crippen LogP) is 4.27. The Morgan fingerprint density at radius 1 is 1.09 bits per heavy atom. The molecule has 1 aliphatic carbocycles. The molecule has 0 bridgehead atoms. The van der Waals surface area contributed by atoms with E-state index in [1.54, 1.807) is 30.7 Å². The second-order valence-corrected chi connectivity index (χ2v) is 8.47. The monoisotopic (exact) mass is 467 g/mol. The Balaban J connectivity index is 1.25. The van der Waals surface area contributed by atoms with Crippen molar-refractivity contribution < 1.29 is 4.79 Å². The Morgan fingerprint density at radius 3 is 2.66 bits per heavy atom. The van der Waals surface area contributed by atoms with Crippen LogP contribution < -0.4 is 10.6 Å². The van der Waals surface area contributed by atoms with Gasteiger partial charge < -0.3 is 15.2 Å². The number of hydrogen-bond acceptors (Lipinski definition) is 6. The minimum Gasteiger partial charge on any atom is -0.364 e. The van der Waals surface area contributed by atoms with E-state index in [0.717, 1.165) is 24.1 Å². The van der Waals surface area contributed by atoms with Crippen molar-refractivity contribution in [3.8, 4) is 0 Å². The maximum absolute atomic E-state index is 12.6. The summed E-state index contributed by atoms with van der Waals surface area (Å²) in [4.78, 5) is 30.0. The van der Waals surface area contributed by atoms with E-state index in [2.05, 4.69) is 30.6 Å². The molecular formula is C22H19Cl2N7O. The highest BCUT2D eigenvalue weighted by molar-refractivity contribution is 6.39. The van der Waals surface area contributed by atoms with E-state index < -0.39 is 0 Å². The third-order valence-electron chi connectivity index (χ3n) is 5.57. The molecule has 0 radical (unpaired) electrons. The van der Waals surface area contributed by atoms with Gasteiger partial charge in [-0.1, -0.05) is 35.3 Å². The fourth-order valence-electron chi connectivity index (χ4n) is 3.84. The Kier molecular flexibility index (Phi) is 5.63. The van der Waals surface area contributed by atoms with Crippen LogP contribution in [0, 0.1) is 0 Å². The number of anilines is 1. The number of halogens is 2. The summed E-state index contributed by atoms with van der Waals surface area (Å²) in [6, 6.07) is 9.14. The van der Waals surface area contributed by atoms with Gasteiger partial charge in [0.15, 0.2) is 11.5 Å². The lowest BCUT2D eigenvalue weighted by molar-refractivity contribution is 0.0894. The zero-order valence-electron chi connectivity index (χ0n) is 16.9. The highest BCUT2D eigenvalue weighted by Crippen LogP contribution is 2.35. The number of carbonyl (C=O) groups excluding carboxylic acids is 1. The molecule has 1 amide bonds. The smallest absolute Gasteiger partial charge is 0.254 e. The Bertz CT molecular complexity index is 1250. The third kappa shape index (κ3) is 3.99. The van der Waals surface area contributed by atoms with E-state index in [9.17, 15) is 4.79 Å². The van der Waals surface area contributed by atoms with Crippen LogP contribution in [0.3, 0.4) is 0 Å². The second-order valence-electron chi connectivity index (χ2n) is 7.65. The second kappa shape index (κ2) is 8.72. The highest BCUT2D eigenvalue weighted by atomic mass is 35.5. The zero-order chi connectivity index (χ0) is 22.1. The molecule has 32 heavy (non-hydrogen) atoms. The topological polar surface area (TPSA) is 97.6 Å². The standard InChI is InChI=1S/C22H19Cl2N7O/c23-16-4-1-5-17(24)18(16)22(32)30-14-7-15(8-14)31-12-29-19-20(27-11-28-21(19)31)26-10-13-3-2-6-25-9-13/h1-6,9,11-12,14-15H,7-8,10H2,(H,30,32)(H,26,27,28). The van der Waals surface area contributed by atoms with Gasteiger partial charge in [0.1, 0.15) is 11.8 Å². The van der Waals surface area contributed by atoms with Crippen molar-refractivity contribution in [2.45, 2.75) is 31.5 Å². The molecule has 10 heteroatoms. The SMILES string of the molecule is O=C(NC1CC(n2cnc3c(NCc4cccnc4)ncnc32)C1)c1c(Cl)cccc1Cl. The summed E-state index contributed by atoms with van der Waals surface area (Å²) in [5, 5.41) is 7.00. The number of benzene rings is 1. The summed E-state index contributed by atoms with van der Waals surface area (Å²) in [7, 11) is 0. The van der Waals surface area contributed by atoms with Crippen LogP contribution in [0.25, 0.3) is 11.2 Å². The predicted molar refractivity (Wildman–Crippen MR) is 123 cm³/mol. The van der Waals surface area contributed by atoms with Crippen molar-refractivity contribution in [1.82, 2.24) is 29.8 Å². The molecule has 1 fully saturated rings. The summed E-state index contributed by atoms with van der Waals surface area (Å²) in [5.41, 5.74) is 2.84. The number of carbonyl (C=O) groups is 1. The lowest BCUT2D eigenvalue weighted by Crippen LogP contribution is -2.45. The molecule has 162 valence electrons. The largest absolute Gasteiger partial charge is 0.364 e. The van der Waals surface area contributed by atoms with Crippen LogP contribution in [0.15, 0.2) is 55.4 Å². The van der Waals surface area contributed by atoms with Gasteiger partial charge in [-0.3, -0.25) is 9.78 Å². The summed E-state index contributed by atoms with van der Waals surface area (Å²) in [5.74, 6) is 0.416. The van der Waals surface area contributed by atoms with Crippen molar-refractivity contribution >= 4 is 46.1 Å². The molecule has 1 saturated carbocycles. The number of aromatic nitrogens is 5. The van der Waals surface area contributed by atoms with E-state index in [0.29, 0.717) is 33.5 Å². The Morgan fingerprint density at radius 2 is 1.91 bits per heavy atom. The highest BCUT2D eigenvalue weighted by Gasteiger charge is 2.33. The zero-order valence-corrected chi connectivity index (χ0v) is 18.4. The quantitative estimate of drug-likeness (QED) is 0.439. The van der Waals surface area contributed by atoms with Gasteiger partial charge >= 0.3 is 0 Å². The van der Waals surface area contributed by atoms with E-state index in [1.165, 1.54) is 6.33 Å². The normalized spacial score (nSPS) is 17.7. The molecule has 0 spiro atoms. The van der Waals surface area contributed by atoms with Gasteiger partial charge in [0.25, 0.3) is 5.91 Å². The average molecular weight is 468 g/mol. The number of pyridine rings is 1. The van der Waals surface area contributed by atoms with Gasteiger partial charge in [-0.05, 0) is 36.6 Å². The van der Waals surface area contributed by atoms with Crippen molar-refractivity contribution in [3.63, 3.8) is 0 Å². The maximum atomic E-state index is 12.6. The fraction of sp³-hybridized carbons (Fsp3) is 0.227. The first-order valence-electron chi connectivity index (χ1n) is 10.2. The molecule has 0 aliphatic heterocycles. The molecular weight excluding hydrogens is 449 g/mol. The van der Waals surface area contributed by atoms with E-state index in [1.807, 2.05) is 22.9 Å². The molecule has 3 aromatic heterocycles. The molecule has 8 nitrogen and oxygen atoms in total. The van der Waals surface area contributed by atoms with Gasteiger partial charge in [0, 0.05) is 31.0 Å². The third-order valence-corrected chi connectivity index (χ3v) is 6.20.